The zero-order valence-corrected chi connectivity index (χ0v) is 21.4. The van der Waals surface area contributed by atoms with E-state index in [1.54, 1.807) is 37.5 Å². The molecule has 3 unspecified atom stereocenters. The summed E-state index contributed by atoms with van der Waals surface area (Å²) in [4.78, 5) is 15.5. The Morgan fingerprint density at radius 1 is 1.14 bits per heavy atom. The Labute approximate surface area is 214 Å². The van der Waals surface area contributed by atoms with E-state index in [2.05, 4.69) is 28.4 Å². The Bertz CT molecular complexity index is 1110. The van der Waals surface area contributed by atoms with Gasteiger partial charge in [-0.05, 0) is 92.5 Å². The Hall–Kier alpha value is -2.83. The van der Waals surface area contributed by atoms with Crippen molar-refractivity contribution in [1.29, 1.82) is 0 Å². The Balaban J connectivity index is 1.39. The van der Waals surface area contributed by atoms with E-state index in [-0.39, 0.29) is 28.7 Å². The Morgan fingerprint density at radius 2 is 1.97 bits per heavy atom. The van der Waals surface area contributed by atoms with Crippen molar-refractivity contribution in [2.75, 3.05) is 33.9 Å². The number of nitrogens with one attached hydrogen (secondary N) is 1. The molecule has 36 heavy (non-hydrogen) atoms. The summed E-state index contributed by atoms with van der Waals surface area (Å²) in [5.74, 6) is 1.78. The predicted molar refractivity (Wildman–Crippen MR) is 141 cm³/mol. The number of carbonyl (C=O) groups is 1. The standard InChI is InChI=1S/C30H38N2O4/c1-35-27-8-4-6-24(18-27)29-15-16-32(20-23-9-10-23)21-30(29,36-2)14-13-25(19-29)31-28(34)12-11-22-5-3-7-26(33)17-22/h3-8,11-12,17-18,23,25,33H,9-10,13-16,19-21H2,1-2H3,(H,31,34)/b12-11+. The van der Waals surface area contributed by atoms with Crippen molar-refractivity contribution in [3.05, 3.63) is 65.7 Å². The van der Waals surface area contributed by atoms with Gasteiger partial charge in [-0.2, -0.15) is 0 Å². The van der Waals surface area contributed by atoms with Crippen molar-refractivity contribution in [1.82, 2.24) is 10.2 Å². The third kappa shape index (κ3) is 5.02. The molecule has 1 saturated heterocycles. The number of hydrogen-bond acceptors (Lipinski definition) is 5. The molecular weight excluding hydrogens is 452 g/mol. The number of benzene rings is 2. The summed E-state index contributed by atoms with van der Waals surface area (Å²) in [6.45, 7) is 3.13. The van der Waals surface area contributed by atoms with Gasteiger partial charge in [-0.25, -0.2) is 0 Å². The lowest BCUT2D eigenvalue weighted by Crippen LogP contribution is -2.68. The zero-order valence-electron chi connectivity index (χ0n) is 21.4. The molecule has 2 aromatic carbocycles. The second-order valence-electron chi connectivity index (χ2n) is 10.8. The smallest absolute Gasteiger partial charge is 0.244 e. The molecule has 0 radical (unpaired) electrons. The monoisotopic (exact) mass is 490 g/mol. The average Bonchev–Trinajstić information content (AvgIpc) is 3.71. The van der Waals surface area contributed by atoms with Gasteiger partial charge in [-0.15, -0.1) is 0 Å². The lowest BCUT2D eigenvalue weighted by Gasteiger charge is -2.60. The highest BCUT2D eigenvalue weighted by atomic mass is 16.5. The van der Waals surface area contributed by atoms with Crippen molar-refractivity contribution in [2.45, 2.75) is 55.6 Å². The molecule has 192 valence electrons. The summed E-state index contributed by atoms with van der Waals surface area (Å²) in [7, 11) is 3.58. The summed E-state index contributed by atoms with van der Waals surface area (Å²) >= 11 is 0. The van der Waals surface area contributed by atoms with Crippen molar-refractivity contribution in [3.63, 3.8) is 0 Å². The molecular formula is C30H38N2O4. The number of ether oxygens (including phenoxy) is 2. The van der Waals surface area contributed by atoms with E-state index in [9.17, 15) is 9.90 Å². The minimum atomic E-state index is -0.300. The molecule has 3 fully saturated rings. The maximum Gasteiger partial charge on any atom is 0.244 e. The first kappa shape index (κ1) is 24.8. The van der Waals surface area contributed by atoms with E-state index >= 15 is 0 Å². The van der Waals surface area contributed by atoms with Gasteiger partial charge in [0.05, 0.1) is 12.7 Å². The average molecular weight is 491 g/mol. The van der Waals surface area contributed by atoms with Crippen LogP contribution in [0.3, 0.4) is 0 Å². The van der Waals surface area contributed by atoms with Gasteiger partial charge in [0, 0.05) is 37.7 Å². The third-order valence-corrected chi connectivity index (χ3v) is 8.57. The van der Waals surface area contributed by atoms with Gasteiger partial charge in [0.2, 0.25) is 5.91 Å². The second kappa shape index (κ2) is 10.3. The number of phenolic OH excluding ortho intramolecular Hbond substituents is 1. The molecule has 1 amide bonds. The van der Waals surface area contributed by atoms with Crippen LogP contribution >= 0.6 is 0 Å². The molecule has 6 nitrogen and oxygen atoms in total. The van der Waals surface area contributed by atoms with Crippen LogP contribution in [0.15, 0.2) is 54.6 Å². The highest BCUT2D eigenvalue weighted by molar-refractivity contribution is 5.92. The number of aromatic hydroxyl groups is 1. The zero-order chi connectivity index (χ0) is 25.2. The van der Waals surface area contributed by atoms with E-state index in [0.717, 1.165) is 56.0 Å². The Kier molecular flexibility index (Phi) is 7.09. The number of amides is 1. The fourth-order valence-electron chi connectivity index (χ4n) is 6.51. The highest BCUT2D eigenvalue weighted by Gasteiger charge is 2.59. The maximum absolute atomic E-state index is 12.9. The van der Waals surface area contributed by atoms with Gasteiger partial charge in [0.15, 0.2) is 0 Å². The molecule has 2 aliphatic carbocycles. The minimum absolute atomic E-state index is 0.0517. The number of carbonyl (C=O) groups excluding carboxylic acids is 1. The first-order valence-electron chi connectivity index (χ1n) is 13.1. The van der Waals surface area contributed by atoms with Crippen molar-refractivity contribution in [2.24, 2.45) is 5.92 Å². The van der Waals surface area contributed by atoms with Crippen LogP contribution in [0.25, 0.3) is 6.08 Å². The van der Waals surface area contributed by atoms with Gasteiger partial charge in [-0.1, -0.05) is 24.3 Å². The fraction of sp³-hybridized carbons (Fsp3) is 0.500. The molecule has 3 aliphatic rings. The maximum atomic E-state index is 12.9. The minimum Gasteiger partial charge on any atom is -0.508 e. The van der Waals surface area contributed by atoms with Crippen LogP contribution in [0.1, 0.15) is 49.7 Å². The number of fused-ring (bicyclic) bond motifs is 1. The SMILES string of the molecule is COc1cccc(C23CCN(CC4CC4)CC2(OC)CCC(NC(=O)/C=C/c2cccc(O)c2)C3)c1. The summed E-state index contributed by atoms with van der Waals surface area (Å²) < 4.78 is 12.1. The third-order valence-electron chi connectivity index (χ3n) is 8.57. The van der Waals surface area contributed by atoms with Crippen molar-refractivity contribution < 1.29 is 19.4 Å². The van der Waals surface area contributed by atoms with Gasteiger partial charge in [0.25, 0.3) is 0 Å². The number of methoxy groups -OCH3 is 2. The molecule has 0 spiro atoms. The number of likely N-dealkylation sites (tertiary alicyclic amines) is 1. The number of rotatable bonds is 8. The molecule has 0 bridgehead atoms. The van der Waals surface area contributed by atoms with Crippen LogP contribution < -0.4 is 10.1 Å². The Morgan fingerprint density at radius 3 is 2.72 bits per heavy atom. The van der Waals surface area contributed by atoms with Crippen molar-refractivity contribution in [3.8, 4) is 11.5 Å². The molecule has 3 atom stereocenters. The molecule has 5 rings (SSSR count). The quantitative estimate of drug-likeness (QED) is 0.533. The van der Waals surface area contributed by atoms with E-state index in [0.29, 0.717) is 0 Å². The fourth-order valence-corrected chi connectivity index (χ4v) is 6.51. The topological polar surface area (TPSA) is 71.0 Å². The van der Waals surface area contributed by atoms with Gasteiger partial charge in [0.1, 0.15) is 11.5 Å². The van der Waals surface area contributed by atoms with Gasteiger partial charge >= 0.3 is 0 Å². The molecule has 2 N–H and O–H groups in total. The molecule has 6 heteroatoms. The largest absolute Gasteiger partial charge is 0.508 e. The lowest BCUT2D eigenvalue weighted by atomic mass is 9.55. The van der Waals surface area contributed by atoms with Crippen LogP contribution in [0.4, 0.5) is 0 Å². The molecule has 2 aromatic rings. The predicted octanol–water partition coefficient (Wildman–Crippen LogP) is 4.52. The molecule has 1 heterocycles. The summed E-state index contributed by atoms with van der Waals surface area (Å²) in [6, 6.07) is 15.4. The van der Waals surface area contributed by atoms with Crippen molar-refractivity contribution >= 4 is 12.0 Å². The number of nitrogens with zero attached hydrogens (tertiary/aromatic N) is 1. The summed E-state index contributed by atoms with van der Waals surface area (Å²) in [5.41, 5.74) is 1.53. The molecule has 1 aliphatic heterocycles. The highest BCUT2D eigenvalue weighted by Crippen LogP contribution is 2.54. The van der Waals surface area contributed by atoms with E-state index in [1.807, 2.05) is 19.2 Å². The molecule has 0 aromatic heterocycles. The second-order valence-corrected chi connectivity index (χ2v) is 10.8. The number of phenols is 1. The van der Waals surface area contributed by atoms with Crippen LogP contribution in [0.2, 0.25) is 0 Å². The van der Waals surface area contributed by atoms with Crippen LogP contribution in [-0.4, -0.2) is 61.4 Å². The van der Waals surface area contributed by atoms with E-state index in [1.165, 1.54) is 24.9 Å². The van der Waals surface area contributed by atoms with E-state index in [4.69, 9.17) is 9.47 Å². The van der Waals surface area contributed by atoms with Crippen LogP contribution in [0, 0.1) is 5.92 Å². The summed E-state index contributed by atoms with van der Waals surface area (Å²) in [6.07, 6.45) is 9.59. The lowest BCUT2D eigenvalue weighted by molar-refractivity contribution is -0.150. The first-order chi connectivity index (χ1) is 17.4. The van der Waals surface area contributed by atoms with Crippen LogP contribution in [0.5, 0.6) is 11.5 Å². The van der Waals surface area contributed by atoms with Crippen LogP contribution in [-0.2, 0) is 14.9 Å². The summed E-state index contributed by atoms with van der Waals surface area (Å²) in [5, 5.41) is 12.9. The van der Waals surface area contributed by atoms with Gasteiger partial charge < -0.3 is 24.8 Å². The normalized spacial score (nSPS) is 28.6. The molecule has 2 saturated carbocycles. The number of hydrogen-bond donors (Lipinski definition) is 2. The van der Waals surface area contributed by atoms with Gasteiger partial charge in [-0.3, -0.25) is 4.79 Å². The first-order valence-corrected chi connectivity index (χ1v) is 13.1. The number of piperidine rings is 1. The van der Waals surface area contributed by atoms with E-state index < -0.39 is 0 Å².